The van der Waals surface area contributed by atoms with E-state index in [1.807, 2.05) is 0 Å². The Kier molecular flexibility index (Phi) is 5.31. The molecule has 0 unspecified atom stereocenters. The lowest BCUT2D eigenvalue weighted by atomic mass is 9.95. The molecule has 23 heavy (non-hydrogen) atoms. The molecule has 0 bridgehead atoms. The maximum Gasteiger partial charge on any atom is 0.282 e. The maximum absolute atomic E-state index is 13.1. The van der Waals surface area contributed by atoms with E-state index in [-0.39, 0.29) is 11.7 Å². The third-order valence-electron chi connectivity index (χ3n) is 4.60. The molecular formula is C16H23FN2O3S. The van der Waals surface area contributed by atoms with E-state index in [2.05, 4.69) is 0 Å². The fourth-order valence-electron chi connectivity index (χ4n) is 3.26. The minimum absolute atomic E-state index is 0.119. The highest BCUT2D eigenvalue weighted by atomic mass is 32.2. The van der Waals surface area contributed by atoms with Crippen LogP contribution in [0.4, 0.5) is 4.39 Å². The van der Waals surface area contributed by atoms with Crippen LogP contribution in [0, 0.1) is 5.82 Å². The molecule has 1 aromatic carbocycles. The highest BCUT2D eigenvalue weighted by molar-refractivity contribution is 7.86. The van der Waals surface area contributed by atoms with E-state index in [4.69, 9.17) is 4.74 Å². The zero-order valence-electron chi connectivity index (χ0n) is 13.2. The van der Waals surface area contributed by atoms with E-state index in [1.165, 1.54) is 16.4 Å². The molecule has 0 aromatic heterocycles. The second kappa shape index (κ2) is 7.25. The summed E-state index contributed by atoms with van der Waals surface area (Å²) in [5.74, 6) is -0.144. The van der Waals surface area contributed by atoms with Gasteiger partial charge in [-0.1, -0.05) is 18.6 Å². The summed E-state index contributed by atoms with van der Waals surface area (Å²) >= 11 is 0. The van der Waals surface area contributed by atoms with Crippen LogP contribution in [0.2, 0.25) is 0 Å². The molecule has 2 heterocycles. The molecule has 0 amide bonds. The van der Waals surface area contributed by atoms with E-state index in [1.54, 1.807) is 16.4 Å². The Bertz CT molecular complexity index is 615. The van der Waals surface area contributed by atoms with E-state index in [0.29, 0.717) is 39.4 Å². The fraction of sp³-hybridized carbons (Fsp3) is 0.625. The molecule has 1 aromatic rings. The molecule has 0 aliphatic carbocycles. The second-order valence-electron chi connectivity index (χ2n) is 6.12. The summed E-state index contributed by atoms with van der Waals surface area (Å²) in [4.78, 5) is 0. The zero-order valence-corrected chi connectivity index (χ0v) is 14.0. The van der Waals surface area contributed by atoms with E-state index in [0.717, 1.165) is 24.8 Å². The average molecular weight is 342 g/mol. The van der Waals surface area contributed by atoms with Crippen LogP contribution in [-0.4, -0.2) is 56.4 Å². The molecule has 0 N–H and O–H groups in total. The number of nitrogens with zero attached hydrogens (tertiary/aromatic N) is 2. The minimum Gasteiger partial charge on any atom is -0.379 e. The molecule has 7 heteroatoms. The summed E-state index contributed by atoms with van der Waals surface area (Å²) in [5.41, 5.74) is 1.01. The highest BCUT2D eigenvalue weighted by Crippen LogP contribution is 2.28. The van der Waals surface area contributed by atoms with Crippen molar-refractivity contribution >= 4 is 10.2 Å². The minimum atomic E-state index is -3.44. The Hall–Kier alpha value is -1.02. The number of hydrogen-bond donors (Lipinski definition) is 0. The molecule has 0 saturated carbocycles. The molecule has 2 aliphatic heterocycles. The Balaban J connectivity index is 1.77. The van der Waals surface area contributed by atoms with Crippen LogP contribution in [0.3, 0.4) is 0 Å². The van der Waals surface area contributed by atoms with Crippen LogP contribution >= 0.6 is 0 Å². The van der Waals surface area contributed by atoms with Crippen LogP contribution in [0.25, 0.3) is 0 Å². The molecular weight excluding hydrogens is 319 g/mol. The van der Waals surface area contributed by atoms with Gasteiger partial charge in [-0.15, -0.1) is 0 Å². The Morgan fingerprint density at radius 3 is 2.39 bits per heavy atom. The number of rotatable bonds is 3. The number of hydrogen-bond acceptors (Lipinski definition) is 3. The monoisotopic (exact) mass is 342 g/mol. The Labute approximate surface area is 137 Å². The summed E-state index contributed by atoms with van der Waals surface area (Å²) in [7, 11) is -3.44. The summed E-state index contributed by atoms with van der Waals surface area (Å²) in [6, 6.07) is 6.43. The lowest BCUT2D eigenvalue weighted by Gasteiger charge is -2.32. The predicted octanol–water partition coefficient (Wildman–Crippen LogP) is 1.97. The van der Waals surface area contributed by atoms with Gasteiger partial charge in [-0.3, -0.25) is 0 Å². The Morgan fingerprint density at radius 2 is 1.70 bits per heavy atom. The van der Waals surface area contributed by atoms with Crippen molar-refractivity contribution in [2.75, 3.05) is 39.4 Å². The van der Waals surface area contributed by atoms with Crippen LogP contribution in [0.15, 0.2) is 24.3 Å². The first-order valence-corrected chi connectivity index (χ1v) is 9.55. The average Bonchev–Trinajstić information content (AvgIpc) is 2.83. The first-order valence-electron chi connectivity index (χ1n) is 8.16. The van der Waals surface area contributed by atoms with Gasteiger partial charge in [-0.05, 0) is 36.5 Å². The van der Waals surface area contributed by atoms with Gasteiger partial charge in [-0.25, -0.2) is 4.39 Å². The largest absolute Gasteiger partial charge is 0.379 e. The van der Waals surface area contributed by atoms with Crippen molar-refractivity contribution in [2.24, 2.45) is 0 Å². The lowest BCUT2D eigenvalue weighted by Crippen LogP contribution is -2.49. The van der Waals surface area contributed by atoms with Crippen LogP contribution in [0.1, 0.15) is 30.7 Å². The zero-order chi connectivity index (χ0) is 16.3. The van der Waals surface area contributed by atoms with E-state index < -0.39 is 10.2 Å². The summed E-state index contributed by atoms with van der Waals surface area (Å²) in [5, 5.41) is 0. The van der Waals surface area contributed by atoms with Gasteiger partial charge in [0.05, 0.1) is 13.2 Å². The van der Waals surface area contributed by atoms with Gasteiger partial charge in [0.2, 0.25) is 0 Å². The third kappa shape index (κ3) is 3.91. The molecule has 5 nitrogen and oxygen atoms in total. The van der Waals surface area contributed by atoms with Gasteiger partial charge in [-0.2, -0.15) is 17.0 Å². The number of benzene rings is 1. The van der Waals surface area contributed by atoms with Crippen molar-refractivity contribution in [1.82, 2.24) is 8.61 Å². The molecule has 1 atom stereocenters. The van der Waals surface area contributed by atoms with Gasteiger partial charge in [0.15, 0.2) is 0 Å². The lowest BCUT2D eigenvalue weighted by molar-refractivity contribution is 0.0701. The van der Waals surface area contributed by atoms with Crippen molar-refractivity contribution in [2.45, 2.75) is 25.2 Å². The van der Waals surface area contributed by atoms with Gasteiger partial charge in [0.25, 0.3) is 10.2 Å². The van der Waals surface area contributed by atoms with Gasteiger partial charge in [0.1, 0.15) is 5.82 Å². The standard InChI is InChI=1S/C16H23FN2O3S/c17-16-6-4-14(5-7-16)15-3-1-2-8-19(13-15)23(20,21)18-9-11-22-12-10-18/h4-7,15H,1-3,8-13H2/t15-/m0/s1. The van der Waals surface area contributed by atoms with Crippen LogP contribution < -0.4 is 0 Å². The van der Waals surface area contributed by atoms with Crippen molar-refractivity contribution in [3.8, 4) is 0 Å². The SMILES string of the molecule is O=S(=O)(N1CCOCC1)N1CCCC[C@H](c2ccc(F)cc2)C1. The van der Waals surface area contributed by atoms with E-state index in [9.17, 15) is 12.8 Å². The predicted molar refractivity (Wildman–Crippen MR) is 85.9 cm³/mol. The second-order valence-corrected chi connectivity index (χ2v) is 8.05. The topological polar surface area (TPSA) is 49.9 Å². The molecule has 128 valence electrons. The van der Waals surface area contributed by atoms with E-state index >= 15 is 0 Å². The van der Waals surface area contributed by atoms with Crippen molar-refractivity contribution in [3.63, 3.8) is 0 Å². The maximum atomic E-state index is 13.1. The first-order chi connectivity index (χ1) is 11.1. The molecule has 2 fully saturated rings. The number of halogens is 1. The smallest absolute Gasteiger partial charge is 0.282 e. The van der Waals surface area contributed by atoms with Gasteiger partial charge >= 0.3 is 0 Å². The fourth-order valence-corrected chi connectivity index (χ4v) is 4.93. The number of morpholine rings is 1. The molecule has 0 radical (unpaired) electrons. The number of ether oxygens (including phenoxy) is 1. The molecule has 2 aliphatic rings. The normalized spacial score (nSPS) is 25.2. The molecule has 0 spiro atoms. The summed E-state index contributed by atoms with van der Waals surface area (Å²) in [6.45, 7) is 2.76. The Morgan fingerprint density at radius 1 is 1.00 bits per heavy atom. The van der Waals surface area contributed by atoms with Crippen molar-refractivity contribution in [3.05, 3.63) is 35.6 Å². The summed E-state index contributed by atoms with van der Waals surface area (Å²) < 4.78 is 47.2. The van der Waals surface area contributed by atoms with Crippen molar-refractivity contribution < 1.29 is 17.5 Å². The molecule has 3 rings (SSSR count). The third-order valence-corrected chi connectivity index (χ3v) is 6.60. The van der Waals surface area contributed by atoms with Gasteiger partial charge in [0, 0.05) is 26.2 Å². The first kappa shape index (κ1) is 16.8. The van der Waals surface area contributed by atoms with Crippen molar-refractivity contribution in [1.29, 1.82) is 0 Å². The van der Waals surface area contributed by atoms with Gasteiger partial charge < -0.3 is 4.74 Å². The summed E-state index contributed by atoms with van der Waals surface area (Å²) in [6.07, 6.45) is 2.78. The highest BCUT2D eigenvalue weighted by Gasteiger charge is 2.33. The van der Waals surface area contributed by atoms with Crippen LogP contribution in [-0.2, 0) is 14.9 Å². The quantitative estimate of drug-likeness (QED) is 0.844. The molecule has 2 saturated heterocycles. The van der Waals surface area contributed by atoms with Crippen LogP contribution in [0.5, 0.6) is 0 Å².